The number of carbonyl (C=O) groups is 1. The number of aryl methyl sites for hydroxylation is 1. The molecule has 1 rings (SSSR count). The SMILES string of the molecule is CCC(=O)[C@H](CCc1ccccc1)NC(C)C. The Morgan fingerprint density at radius 3 is 2.41 bits per heavy atom. The Bertz CT molecular complexity index is 332. The molecule has 0 aromatic heterocycles. The zero-order valence-electron chi connectivity index (χ0n) is 11.1. The molecule has 1 aromatic rings. The average molecular weight is 233 g/mol. The molecule has 0 spiro atoms. The molecule has 0 amide bonds. The smallest absolute Gasteiger partial charge is 0.149 e. The molecule has 0 aliphatic heterocycles. The van der Waals surface area contributed by atoms with Gasteiger partial charge in [-0.1, -0.05) is 51.1 Å². The fourth-order valence-electron chi connectivity index (χ4n) is 1.94. The number of hydrogen-bond donors (Lipinski definition) is 1. The van der Waals surface area contributed by atoms with Crippen molar-refractivity contribution in [1.29, 1.82) is 0 Å². The molecular formula is C15H23NO. The maximum absolute atomic E-state index is 11.8. The summed E-state index contributed by atoms with van der Waals surface area (Å²) >= 11 is 0. The van der Waals surface area contributed by atoms with Gasteiger partial charge in [0.05, 0.1) is 6.04 Å². The van der Waals surface area contributed by atoms with Crippen molar-refractivity contribution in [3.63, 3.8) is 0 Å². The molecule has 0 radical (unpaired) electrons. The van der Waals surface area contributed by atoms with Gasteiger partial charge in [-0.25, -0.2) is 0 Å². The molecule has 2 nitrogen and oxygen atoms in total. The minimum atomic E-state index is 0.000191. The summed E-state index contributed by atoms with van der Waals surface area (Å²) in [5, 5.41) is 3.35. The van der Waals surface area contributed by atoms with Crippen LogP contribution >= 0.6 is 0 Å². The van der Waals surface area contributed by atoms with Crippen LogP contribution in [0.4, 0.5) is 0 Å². The molecule has 1 atom stereocenters. The van der Waals surface area contributed by atoms with E-state index in [1.54, 1.807) is 0 Å². The van der Waals surface area contributed by atoms with Crippen LogP contribution in [0.25, 0.3) is 0 Å². The van der Waals surface area contributed by atoms with Gasteiger partial charge in [0.1, 0.15) is 5.78 Å². The van der Waals surface area contributed by atoms with E-state index in [9.17, 15) is 4.79 Å². The van der Waals surface area contributed by atoms with Crippen molar-refractivity contribution in [3.8, 4) is 0 Å². The number of rotatable bonds is 7. The van der Waals surface area contributed by atoms with Crippen LogP contribution in [-0.2, 0) is 11.2 Å². The third-order valence-corrected chi connectivity index (χ3v) is 2.84. The highest BCUT2D eigenvalue weighted by atomic mass is 16.1. The van der Waals surface area contributed by atoms with Crippen LogP contribution in [0.5, 0.6) is 0 Å². The maximum Gasteiger partial charge on any atom is 0.149 e. The van der Waals surface area contributed by atoms with Crippen molar-refractivity contribution in [3.05, 3.63) is 35.9 Å². The molecule has 0 fully saturated rings. The zero-order chi connectivity index (χ0) is 12.7. The van der Waals surface area contributed by atoms with Gasteiger partial charge in [-0.2, -0.15) is 0 Å². The van der Waals surface area contributed by atoms with Crippen LogP contribution in [0, 0.1) is 0 Å². The quantitative estimate of drug-likeness (QED) is 0.784. The largest absolute Gasteiger partial charge is 0.305 e. The Labute approximate surface area is 104 Å². The molecule has 1 N–H and O–H groups in total. The van der Waals surface area contributed by atoms with Crippen LogP contribution < -0.4 is 5.32 Å². The summed E-state index contributed by atoms with van der Waals surface area (Å²) < 4.78 is 0. The molecule has 1 aromatic carbocycles. The zero-order valence-corrected chi connectivity index (χ0v) is 11.1. The summed E-state index contributed by atoms with van der Waals surface area (Å²) in [6.07, 6.45) is 2.45. The van der Waals surface area contributed by atoms with E-state index in [1.165, 1.54) is 5.56 Å². The second-order valence-electron chi connectivity index (χ2n) is 4.72. The first-order valence-corrected chi connectivity index (χ1v) is 6.46. The van der Waals surface area contributed by atoms with E-state index in [0.717, 1.165) is 12.8 Å². The molecule has 0 aliphatic rings. The van der Waals surface area contributed by atoms with E-state index in [2.05, 4.69) is 31.3 Å². The topological polar surface area (TPSA) is 29.1 Å². The van der Waals surface area contributed by atoms with Crippen molar-refractivity contribution < 1.29 is 4.79 Å². The third kappa shape index (κ3) is 5.14. The first kappa shape index (κ1) is 13.9. The molecule has 0 bridgehead atoms. The standard InChI is InChI=1S/C15H23NO/c1-4-15(17)14(16-12(2)3)11-10-13-8-6-5-7-9-13/h5-9,12,14,16H,4,10-11H2,1-3H3/t14-/m0/s1. The van der Waals surface area contributed by atoms with Crippen molar-refractivity contribution in [2.24, 2.45) is 0 Å². The van der Waals surface area contributed by atoms with Crippen molar-refractivity contribution in [2.75, 3.05) is 0 Å². The highest BCUT2D eigenvalue weighted by Gasteiger charge is 2.16. The summed E-state index contributed by atoms with van der Waals surface area (Å²) in [4.78, 5) is 11.8. The van der Waals surface area contributed by atoms with Crippen LogP contribution in [0.15, 0.2) is 30.3 Å². The van der Waals surface area contributed by atoms with Gasteiger partial charge >= 0.3 is 0 Å². The normalized spacial score (nSPS) is 12.7. The first-order chi connectivity index (χ1) is 8.13. The van der Waals surface area contributed by atoms with Gasteiger partial charge in [-0.3, -0.25) is 4.79 Å². The monoisotopic (exact) mass is 233 g/mol. The molecule has 17 heavy (non-hydrogen) atoms. The van der Waals surface area contributed by atoms with E-state index >= 15 is 0 Å². The fraction of sp³-hybridized carbons (Fsp3) is 0.533. The van der Waals surface area contributed by atoms with Gasteiger partial charge in [-0.15, -0.1) is 0 Å². The van der Waals surface area contributed by atoms with Crippen LogP contribution in [-0.4, -0.2) is 17.9 Å². The number of hydrogen-bond acceptors (Lipinski definition) is 2. The molecule has 0 saturated carbocycles. The summed E-state index contributed by atoms with van der Waals surface area (Å²) in [6.45, 7) is 6.09. The van der Waals surface area contributed by atoms with Gasteiger partial charge in [0.25, 0.3) is 0 Å². The molecule has 2 heteroatoms. The van der Waals surface area contributed by atoms with E-state index in [4.69, 9.17) is 0 Å². The van der Waals surface area contributed by atoms with Crippen molar-refractivity contribution in [1.82, 2.24) is 5.32 Å². The van der Waals surface area contributed by atoms with E-state index in [1.807, 2.05) is 25.1 Å². The molecular weight excluding hydrogens is 210 g/mol. The Morgan fingerprint density at radius 2 is 1.88 bits per heavy atom. The Kier molecular flexibility index (Phi) is 5.92. The molecule has 94 valence electrons. The predicted octanol–water partition coefficient (Wildman–Crippen LogP) is 2.96. The van der Waals surface area contributed by atoms with Crippen molar-refractivity contribution in [2.45, 2.75) is 52.1 Å². The highest BCUT2D eigenvalue weighted by molar-refractivity contribution is 5.83. The van der Waals surface area contributed by atoms with Crippen molar-refractivity contribution >= 4 is 5.78 Å². The Morgan fingerprint density at radius 1 is 1.24 bits per heavy atom. The lowest BCUT2D eigenvalue weighted by molar-refractivity contribution is -0.121. The maximum atomic E-state index is 11.8. The number of nitrogens with one attached hydrogen (secondary N) is 1. The second kappa shape index (κ2) is 7.23. The lowest BCUT2D eigenvalue weighted by Gasteiger charge is -2.19. The molecule has 0 saturated heterocycles. The van der Waals surface area contributed by atoms with E-state index in [0.29, 0.717) is 18.2 Å². The molecule has 0 unspecified atom stereocenters. The lowest BCUT2D eigenvalue weighted by atomic mass is 10.0. The summed E-state index contributed by atoms with van der Waals surface area (Å²) in [5.74, 6) is 0.314. The van der Waals surface area contributed by atoms with Gasteiger partial charge in [0, 0.05) is 12.5 Å². The minimum absolute atomic E-state index is 0.000191. The van der Waals surface area contributed by atoms with Gasteiger partial charge in [0.2, 0.25) is 0 Å². The van der Waals surface area contributed by atoms with Gasteiger partial charge in [-0.05, 0) is 18.4 Å². The number of Topliss-reactive ketones (excluding diaryl/α,β-unsaturated/α-hetero) is 1. The highest BCUT2D eigenvalue weighted by Crippen LogP contribution is 2.07. The lowest BCUT2D eigenvalue weighted by Crippen LogP contribution is -2.40. The van der Waals surface area contributed by atoms with Gasteiger partial charge in [0.15, 0.2) is 0 Å². The first-order valence-electron chi connectivity index (χ1n) is 6.46. The molecule has 0 aliphatic carbocycles. The average Bonchev–Trinajstić information content (AvgIpc) is 2.34. The number of benzene rings is 1. The minimum Gasteiger partial charge on any atom is -0.305 e. The van der Waals surface area contributed by atoms with Crippen LogP contribution in [0.1, 0.15) is 39.2 Å². The van der Waals surface area contributed by atoms with Crippen LogP contribution in [0.3, 0.4) is 0 Å². The third-order valence-electron chi connectivity index (χ3n) is 2.84. The fourth-order valence-corrected chi connectivity index (χ4v) is 1.94. The van der Waals surface area contributed by atoms with Crippen LogP contribution in [0.2, 0.25) is 0 Å². The predicted molar refractivity (Wildman–Crippen MR) is 72.1 cm³/mol. The number of carbonyl (C=O) groups excluding carboxylic acids is 1. The summed E-state index contributed by atoms with van der Waals surface area (Å²) in [6, 6.07) is 10.7. The second-order valence-corrected chi connectivity index (χ2v) is 4.72. The van der Waals surface area contributed by atoms with E-state index < -0.39 is 0 Å². The summed E-state index contributed by atoms with van der Waals surface area (Å²) in [7, 11) is 0. The van der Waals surface area contributed by atoms with Gasteiger partial charge < -0.3 is 5.32 Å². The summed E-state index contributed by atoms with van der Waals surface area (Å²) in [5.41, 5.74) is 1.30. The molecule has 0 heterocycles. The Hall–Kier alpha value is -1.15. The number of ketones is 1. The van der Waals surface area contributed by atoms with E-state index in [-0.39, 0.29) is 6.04 Å². The Balaban J connectivity index is 2.52.